The van der Waals surface area contributed by atoms with Gasteiger partial charge in [-0.15, -0.1) is 0 Å². The average Bonchev–Trinajstić information content (AvgIpc) is 3.18. The molecule has 0 radical (unpaired) electrons. The summed E-state index contributed by atoms with van der Waals surface area (Å²) in [4.78, 5) is 40.6. The van der Waals surface area contributed by atoms with Crippen molar-refractivity contribution in [2.45, 2.75) is 69.9 Å². The van der Waals surface area contributed by atoms with E-state index in [2.05, 4.69) is 22.5 Å². The van der Waals surface area contributed by atoms with Crippen molar-refractivity contribution in [1.82, 2.24) is 20.4 Å². The Labute approximate surface area is 149 Å². The van der Waals surface area contributed by atoms with Crippen LogP contribution in [0.5, 0.6) is 0 Å². The van der Waals surface area contributed by atoms with E-state index in [0.717, 1.165) is 58.0 Å². The minimum absolute atomic E-state index is 0.0303. The number of imide groups is 1. The Balaban J connectivity index is 1.43. The molecule has 1 aliphatic carbocycles. The predicted molar refractivity (Wildman–Crippen MR) is 94.0 cm³/mol. The van der Waals surface area contributed by atoms with Gasteiger partial charge >= 0.3 is 6.03 Å². The summed E-state index contributed by atoms with van der Waals surface area (Å²) in [5.74, 6) is -0.00298. The standard InChI is InChI=1S/C18H30N4O3/c1-2-21-12-6-3-8-14(21)15(23)19-11-7-13-22-16(24)18(20-17(22)25)9-4-5-10-18/h14H,2-13H2,1H3,(H,19,23)(H,20,25). The lowest BCUT2D eigenvalue weighted by Gasteiger charge is -2.33. The third-order valence-electron chi connectivity index (χ3n) is 5.88. The summed E-state index contributed by atoms with van der Waals surface area (Å²) in [6.45, 7) is 4.83. The van der Waals surface area contributed by atoms with Crippen LogP contribution in [0.1, 0.15) is 58.3 Å². The van der Waals surface area contributed by atoms with Gasteiger partial charge in [0.25, 0.3) is 5.91 Å². The van der Waals surface area contributed by atoms with Crippen LogP contribution in [-0.2, 0) is 9.59 Å². The van der Waals surface area contributed by atoms with Crippen LogP contribution in [-0.4, -0.2) is 65.4 Å². The summed E-state index contributed by atoms with van der Waals surface area (Å²) in [6, 6.07) is -0.306. The minimum Gasteiger partial charge on any atom is -0.355 e. The number of likely N-dealkylation sites (tertiary alicyclic amines) is 1. The van der Waals surface area contributed by atoms with Crippen LogP contribution in [0.2, 0.25) is 0 Å². The molecule has 2 saturated heterocycles. The molecule has 3 fully saturated rings. The van der Waals surface area contributed by atoms with E-state index in [9.17, 15) is 14.4 Å². The number of carbonyl (C=O) groups excluding carboxylic acids is 3. The first-order chi connectivity index (χ1) is 12.1. The van der Waals surface area contributed by atoms with Gasteiger partial charge in [-0.3, -0.25) is 19.4 Å². The highest BCUT2D eigenvalue weighted by atomic mass is 16.2. The van der Waals surface area contributed by atoms with Crippen LogP contribution in [0.15, 0.2) is 0 Å². The predicted octanol–water partition coefficient (Wildman–Crippen LogP) is 1.23. The van der Waals surface area contributed by atoms with E-state index in [4.69, 9.17) is 0 Å². The summed E-state index contributed by atoms with van der Waals surface area (Å²) in [5.41, 5.74) is -0.635. The van der Waals surface area contributed by atoms with E-state index in [1.165, 1.54) is 4.90 Å². The number of hydrogen-bond donors (Lipinski definition) is 2. The normalized spacial score (nSPS) is 26.3. The van der Waals surface area contributed by atoms with Crippen molar-refractivity contribution in [2.75, 3.05) is 26.2 Å². The summed E-state index contributed by atoms with van der Waals surface area (Å²) in [6.07, 6.45) is 7.24. The zero-order valence-corrected chi connectivity index (χ0v) is 15.2. The molecule has 0 aromatic carbocycles. The van der Waals surface area contributed by atoms with Gasteiger partial charge in [0.05, 0.1) is 6.04 Å². The van der Waals surface area contributed by atoms with E-state index in [1.807, 2.05) is 0 Å². The molecular formula is C18H30N4O3. The van der Waals surface area contributed by atoms with Crippen molar-refractivity contribution in [2.24, 2.45) is 0 Å². The van der Waals surface area contributed by atoms with Crippen LogP contribution < -0.4 is 10.6 Å². The quantitative estimate of drug-likeness (QED) is 0.558. The maximum atomic E-state index is 12.5. The molecular weight excluding hydrogens is 320 g/mol. The summed E-state index contributed by atoms with van der Waals surface area (Å²) in [7, 11) is 0. The molecule has 0 aromatic rings. The van der Waals surface area contributed by atoms with E-state index < -0.39 is 5.54 Å². The SMILES string of the molecule is CCN1CCCCC1C(=O)NCCCN1C(=O)NC2(CCCC2)C1=O. The zero-order chi connectivity index (χ0) is 17.9. The highest BCUT2D eigenvalue weighted by Crippen LogP contribution is 2.34. The Morgan fingerprint density at radius 1 is 1.24 bits per heavy atom. The first-order valence-electron chi connectivity index (χ1n) is 9.73. The van der Waals surface area contributed by atoms with Crippen LogP contribution in [0.25, 0.3) is 0 Å². The molecule has 2 N–H and O–H groups in total. The molecule has 1 spiro atoms. The molecule has 7 nitrogen and oxygen atoms in total. The largest absolute Gasteiger partial charge is 0.355 e. The fraction of sp³-hybridized carbons (Fsp3) is 0.833. The number of piperidine rings is 1. The van der Waals surface area contributed by atoms with Gasteiger partial charge in [0, 0.05) is 13.1 Å². The minimum atomic E-state index is -0.635. The molecule has 2 heterocycles. The van der Waals surface area contributed by atoms with E-state index in [1.54, 1.807) is 0 Å². The number of nitrogens with zero attached hydrogens (tertiary/aromatic N) is 2. The Kier molecular flexibility index (Phi) is 5.61. The number of nitrogens with one attached hydrogen (secondary N) is 2. The van der Waals surface area contributed by atoms with Crippen LogP contribution in [0.3, 0.4) is 0 Å². The van der Waals surface area contributed by atoms with Crippen molar-refractivity contribution >= 4 is 17.8 Å². The molecule has 2 aliphatic heterocycles. The molecule has 1 atom stereocenters. The highest BCUT2D eigenvalue weighted by Gasteiger charge is 2.51. The number of carbonyl (C=O) groups is 3. The van der Waals surface area contributed by atoms with Gasteiger partial charge in [-0.25, -0.2) is 4.79 Å². The third-order valence-corrected chi connectivity index (χ3v) is 5.88. The van der Waals surface area contributed by atoms with Crippen molar-refractivity contribution in [3.63, 3.8) is 0 Å². The maximum absolute atomic E-state index is 12.5. The molecule has 4 amide bonds. The van der Waals surface area contributed by atoms with Gasteiger partial charge in [0.2, 0.25) is 5.91 Å². The number of rotatable bonds is 6. The van der Waals surface area contributed by atoms with Crippen molar-refractivity contribution in [3.05, 3.63) is 0 Å². The fourth-order valence-electron chi connectivity index (χ4n) is 4.43. The van der Waals surface area contributed by atoms with E-state index in [0.29, 0.717) is 19.5 Å². The van der Waals surface area contributed by atoms with Gasteiger partial charge in [0.1, 0.15) is 5.54 Å². The lowest BCUT2D eigenvalue weighted by molar-refractivity contribution is -0.131. The molecule has 0 aromatic heterocycles. The van der Waals surface area contributed by atoms with E-state index in [-0.39, 0.29) is 23.9 Å². The molecule has 7 heteroatoms. The number of amides is 4. The molecule has 25 heavy (non-hydrogen) atoms. The second-order valence-corrected chi connectivity index (χ2v) is 7.46. The van der Waals surface area contributed by atoms with Gasteiger partial charge in [0.15, 0.2) is 0 Å². The van der Waals surface area contributed by atoms with Gasteiger partial charge in [-0.2, -0.15) is 0 Å². The lowest BCUT2D eigenvalue weighted by atomic mass is 9.98. The lowest BCUT2D eigenvalue weighted by Crippen LogP contribution is -2.49. The maximum Gasteiger partial charge on any atom is 0.325 e. The Morgan fingerprint density at radius 3 is 2.72 bits per heavy atom. The molecule has 3 rings (SSSR count). The number of likely N-dealkylation sites (N-methyl/N-ethyl adjacent to an activating group) is 1. The zero-order valence-electron chi connectivity index (χ0n) is 15.2. The number of urea groups is 1. The third kappa shape index (κ3) is 3.66. The van der Waals surface area contributed by atoms with Crippen molar-refractivity contribution < 1.29 is 14.4 Å². The first kappa shape index (κ1) is 18.2. The highest BCUT2D eigenvalue weighted by molar-refractivity contribution is 6.07. The second kappa shape index (κ2) is 7.72. The summed E-state index contributed by atoms with van der Waals surface area (Å²) < 4.78 is 0. The topological polar surface area (TPSA) is 81.8 Å². The van der Waals surface area contributed by atoms with Crippen LogP contribution in [0.4, 0.5) is 4.79 Å². The summed E-state index contributed by atoms with van der Waals surface area (Å²) >= 11 is 0. The van der Waals surface area contributed by atoms with Crippen LogP contribution >= 0.6 is 0 Å². The molecule has 1 saturated carbocycles. The summed E-state index contributed by atoms with van der Waals surface area (Å²) in [5, 5.41) is 5.87. The van der Waals surface area contributed by atoms with E-state index >= 15 is 0 Å². The fourth-order valence-corrected chi connectivity index (χ4v) is 4.43. The van der Waals surface area contributed by atoms with Crippen molar-refractivity contribution in [1.29, 1.82) is 0 Å². The Morgan fingerprint density at radius 2 is 2.00 bits per heavy atom. The number of hydrogen-bond acceptors (Lipinski definition) is 4. The molecule has 3 aliphatic rings. The second-order valence-electron chi connectivity index (χ2n) is 7.46. The molecule has 1 unspecified atom stereocenters. The molecule has 140 valence electrons. The Bertz CT molecular complexity index is 530. The molecule has 0 bridgehead atoms. The Hall–Kier alpha value is -1.63. The van der Waals surface area contributed by atoms with Crippen LogP contribution in [0, 0.1) is 0 Å². The smallest absolute Gasteiger partial charge is 0.325 e. The monoisotopic (exact) mass is 350 g/mol. The van der Waals surface area contributed by atoms with Gasteiger partial charge in [-0.05, 0) is 45.2 Å². The van der Waals surface area contributed by atoms with Gasteiger partial charge < -0.3 is 10.6 Å². The van der Waals surface area contributed by atoms with Gasteiger partial charge in [-0.1, -0.05) is 26.2 Å². The average molecular weight is 350 g/mol. The first-order valence-corrected chi connectivity index (χ1v) is 9.73. The van der Waals surface area contributed by atoms with Crippen molar-refractivity contribution in [3.8, 4) is 0 Å².